The van der Waals surface area contributed by atoms with E-state index in [0.717, 1.165) is 58.4 Å². The van der Waals surface area contributed by atoms with Gasteiger partial charge in [-0.15, -0.1) is 0 Å². The van der Waals surface area contributed by atoms with E-state index in [1.54, 1.807) is 12.1 Å². The van der Waals surface area contributed by atoms with Crippen molar-refractivity contribution < 1.29 is 9.18 Å². The molecule has 5 rings (SSSR count). The van der Waals surface area contributed by atoms with Crippen molar-refractivity contribution >= 4 is 22.8 Å². The first-order valence-electron chi connectivity index (χ1n) is 14.1. The van der Waals surface area contributed by atoms with Crippen LogP contribution in [0, 0.1) is 17.1 Å². The molecule has 10 heteroatoms. The molecule has 43 heavy (non-hydrogen) atoms. The van der Waals surface area contributed by atoms with Crippen LogP contribution in [0.3, 0.4) is 0 Å². The van der Waals surface area contributed by atoms with Crippen molar-refractivity contribution in [3.8, 4) is 17.2 Å². The minimum absolute atomic E-state index is 0.255. The molecule has 0 aliphatic heterocycles. The van der Waals surface area contributed by atoms with Gasteiger partial charge in [0.15, 0.2) is 5.65 Å². The maximum Gasteiger partial charge on any atom is 0.255 e. The Hall–Kier alpha value is -5.14. The lowest BCUT2D eigenvalue weighted by Gasteiger charge is -2.16. The van der Waals surface area contributed by atoms with Gasteiger partial charge in [-0.3, -0.25) is 9.89 Å². The normalized spacial score (nSPS) is 11.8. The maximum atomic E-state index is 13.3. The van der Waals surface area contributed by atoms with Crippen LogP contribution in [0.1, 0.15) is 52.1 Å². The van der Waals surface area contributed by atoms with E-state index in [9.17, 15) is 14.4 Å². The van der Waals surface area contributed by atoms with E-state index in [1.165, 1.54) is 24.4 Å². The molecule has 1 amide bonds. The van der Waals surface area contributed by atoms with Gasteiger partial charge in [0.1, 0.15) is 17.7 Å². The maximum absolute atomic E-state index is 13.3. The number of H-pyrrole nitrogens is 1. The zero-order valence-electron chi connectivity index (χ0n) is 24.4. The van der Waals surface area contributed by atoms with E-state index in [1.807, 2.05) is 43.5 Å². The number of halogens is 1. The Labute approximate surface area is 249 Å². The number of aromatic amines is 1. The number of aryl methyl sites for hydroxylation is 1. The number of anilines is 1. The standard InChI is InChI=1S/C33H33FN8O/c1-21(24-10-12-27(34)13-11-24)39-33(43)29-15-23(17-35)19-37-31(29)36-18-22-6-8-25(9-7-22)26-16-28-30(5-4-14-42(2)3)40-41-32(28)38-20-26/h6-13,15-16,19-21H,4-5,14,18H2,1-3H3,(H,36,37)(H,39,43)(H,38,40,41)/t21-/m0/s1. The van der Waals surface area contributed by atoms with Crippen molar-refractivity contribution in [3.63, 3.8) is 0 Å². The van der Waals surface area contributed by atoms with Crippen LogP contribution in [0.15, 0.2) is 73.1 Å². The molecule has 3 heterocycles. The SMILES string of the molecule is C[C@H](NC(=O)c1cc(C#N)cnc1NCc1ccc(-c2cnc3[nH]nc(CCCN(C)C)c3c2)cc1)c1ccc(F)cc1. The Bertz CT molecular complexity index is 1760. The van der Waals surface area contributed by atoms with Gasteiger partial charge in [0.25, 0.3) is 5.91 Å². The summed E-state index contributed by atoms with van der Waals surface area (Å²) in [6, 6.07) is 19.4. The Balaban J connectivity index is 1.27. The summed E-state index contributed by atoms with van der Waals surface area (Å²) in [5.41, 5.74) is 6.12. The number of amides is 1. The summed E-state index contributed by atoms with van der Waals surface area (Å²) >= 11 is 0. The van der Waals surface area contributed by atoms with Gasteiger partial charge in [-0.2, -0.15) is 10.4 Å². The number of benzene rings is 2. The van der Waals surface area contributed by atoms with Crippen molar-refractivity contribution in [3.05, 3.63) is 107 Å². The fourth-order valence-corrected chi connectivity index (χ4v) is 4.82. The second kappa shape index (κ2) is 13.2. The summed E-state index contributed by atoms with van der Waals surface area (Å²) in [6.07, 6.45) is 5.17. The highest BCUT2D eigenvalue weighted by Gasteiger charge is 2.17. The number of fused-ring (bicyclic) bond motifs is 1. The van der Waals surface area contributed by atoms with Crippen molar-refractivity contribution in [1.29, 1.82) is 5.26 Å². The van der Waals surface area contributed by atoms with Gasteiger partial charge in [0.2, 0.25) is 0 Å². The first kappa shape index (κ1) is 29.4. The van der Waals surface area contributed by atoms with E-state index < -0.39 is 0 Å². The van der Waals surface area contributed by atoms with Crippen LogP contribution >= 0.6 is 0 Å². The minimum atomic E-state index is -0.387. The van der Waals surface area contributed by atoms with Crippen molar-refractivity contribution in [2.75, 3.05) is 26.0 Å². The molecule has 0 aliphatic rings. The van der Waals surface area contributed by atoms with Crippen LogP contribution in [-0.2, 0) is 13.0 Å². The zero-order chi connectivity index (χ0) is 30.3. The molecular formula is C33H33FN8O. The van der Waals surface area contributed by atoms with Gasteiger partial charge < -0.3 is 15.5 Å². The third-order valence-corrected chi connectivity index (χ3v) is 7.24. The van der Waals surface area contributed by atoms with Gasteiger partial charge in [0, 0.05) is 29.9 Å². The highest BCUT2D eigenvalue weighted by Crippen LogP contribution is 2.25. The number of carbonyl (C=O) groups excluding carboxylic acids is 1. The van der Waals surface area contributed by atoms with Crippen LogP contribution in [0.2, 0.25) is 0 Å². The third-order valence-electron chi connectivity index (χ3n) is 7.24. The van der Waals surface area contributed by atoms with Crippen molar-refractivity contribution in [2.45, 2.75) is 32.4 Å². The summed E-state index contributed by atoms with van der Waals surface area (Å²) in [4.78, 5) is 24.3. The molecule has 0 spiro atoms. The molecule has 1 atom stereocenters. The molecule has 2 aromatic carbocycles. The van der Waals surface area contributed by atoms with Crippen molar-refractivity contribution in [2.24, 2.45) is 0 Å². The van der Waals surface area contributed by atoms with E-state index in [0.29, 0.717) is 12.4 Å². The molecular weight excluding hydrogens is 543 g/mol. The Morgan fingerprint density at radius 2 is 1.81 bits per heavy atom. The molecule has 0 aliphatic carbocycles. The average molecular weight is 577 g/mol. The molecule has 0 unspecified atom stereocenters. The van der Waals surface area contributed by atoms with Crippen LogP contribution in [0.5, 0.6) is 0 Å². The van der Waals surface area contributed by atoms with Crippen molar-refractivity contribution in [1.82, 2.24) is 30.4 Å². The molecule has 0 radical (unpaired) electrons. The molecule has 0 saturated heterocycles. The van der Waals surface area contributed by atoms with Crippen LogP contribution < -0.4 is 10.6 Å². The molecule has 3 N–H and O–H groups in total. The van der Waals surface area contributed by atoms with Gasteiger partial charge in [-0.05, 0) is 81.4 Å². The molecule has 218 valence electrons. The summed E-state index contributed by atoms with van der Waals surface area (Å²) in [5, 5.41) is 24.1. The fourth-order valence-electron chi connectivity index (χ4n) is 4.82. The van der Waals surface area contributed by atoms with E-state index in [-0.39, 0.29) is 28.9 Å². The molecule has 0 bridgehead atoms. The minimum Gasteiger partial charge on any atom is -0.365 e. The molecule has 5 aromatic rings. The number of nitrogens with zero attached hydrogens (tertiary/aromatic N) is 5. The molecule has 0 saturated carbocycles. The summed E-state index contributed by atoms with van der Waals surface area (Å²) in [6.45, 7) is 3.23. The molecule has 9 nitrogen and oxygen atoms in total. The van der Waals surface area contributed by atoms with Crippen LogP contribution in [0.4, 0.5) is 10.2 Å². The van der Waals surface area contributed by atoms with Crippen LogP contribution in [-0.4, -0.2) is 51.6 Å². The van der Waals surface area contributed by atoms with E-state index in [2.05, 4.69) is 55.9 Å². The largest absolute Gasteiger partial charge is 0.365 e. The topological polar surface area (TPSA) is 123 Å². The van der Waals surface area contributed by atoms with Gasteiger partial charge >= 0.3 is 0 Å². The second-order valence-electron chi connectivity index (χ2n) is 10.7. The first-order valence-corrected chi connectivity index (χ1v) is 14.1. The Morgan fingerprint density at radius 3 is 2.53 bits per heavy atom. The predicted molar refractivity (Wildman–Crippen MR) is 165 cm³/mol. The summed E-state index contributed by atoms with van der Waals surface area (Å²) < 4.78 is 13.3. The Morgan fingerprint density at radius 1 is 1.05 bits per heavy atom. The smallest absolute Gasteiger partial charge is 0.255 e. The molecule has 0 fully saturated rings. The third kappa shape index (κ3) is 7.20. The van der Waals surface area contributed by atoms with E-state index >= 15 is 0 Å². The first-order chi connectivity index (χ1) is 20.8. The van der Waals surface area contributed by atoms with Gasteiger partial charge in [-0.1, -0.05) is 36.4 Å². The number of hydrogen-bond acceptors (Lipinski definition) is 7. The number of carbonyl (C=O) groups is 1. The highest BCUT2D eigenvalue weighted by atomic mass is 19.1. The Kier molecular flexibility index (Phi) is 9.03. The van der Waals surface area contributed by atoms with Gasteiger partial charge in [-0.25, -0.2) is 14.4 Å². The number of nitriles is 1. The molecule has 3 aromatic heterocycles. The fraction of sp³-hybridized carbons (Fsp3) is 0.242. The quantitative estimate of drug-likeness (QED) is 0.186. The lowest BCUT2D eigenvalue weighted by atomic mass is 10.0. The number of nitrogens with one attached hydrogen (secondary N) is 3. The average Bonchev–Trinajstić information content (AvgIpc) is 3.42. The lowest BCUT2D eigenvalue weighted by Crippen LogP contribution is -2.28. The van der Waals surface area contributed by atoms with E-state index in [4.69, 9.17) is 0 Å². The van der Waals surface area contributed by atoms with Crippen LogP contribution in [0.25, 0.3) is 22.2 Å². The second-order valence-corrected chi connectivity index (χ2v) is 10.7. The number of hydrogen-bond donors (Lipinski definition) is 3. The lowest BCUT2D eigenvalue weighted by molar-refractivity contribution is 0.0940. The predicted octanol–water partition coefficient (Wildman–Crippen LogP) is 5.63. The number of rotatable bonds is 11. The number of aromatic nitrogens is 4. The summed E-state index contributed by atoms with van der Waals surface area (Å²) in [7, 11) is 4.13. The summed E-state index contributed by atoms with van der Waals surface area (Å²) in [5.74, 6) is -0.366. The van der Waals surface area contributed by atoms with Gasteiger partial charge in [0.05, 0.1) is 22.9 Å². The number of pyridine rings is 2. The monoisotopic (exact) mass is 576 g/mol. The zero-order valence-corrected chi connectivity index (χ0v) is 24.4. The highest BCUT2D eigenvalue weighted by molar-refractivity contribution is 5.99.